The highest BCUT2D eigenvalue weighted by Crippen LogP contribution is 2.49. The molecule has 3 aliphatic rings. The van der Waals surface area contributed by atoms with Crippen LogP contribution in [0.5, 0.6) is 0 Å². The molecule has 4 atom stereocenters. The molecule has 3 aromatic carbocycles. The molecular formula is C27H19BrN4O5. The number of nitrogens with zero attached hydrogens (tertiary/aromatic N) is 3. The Balaban J connectivity index is 1.41. The largest absolute Gasteiger partial charge is 0.351 e. The molecule has 0 aromatic heterocycles. The van der Waals surface area contributed by atoms with E-state index in [1.807, 2.05) is 41.3 Å². The number of rotatable bonds is 4. The summed E-state index contributed by atoms with van der Waals surface area (Å²) >= 11 is 3.40. The van der Waals surface area contributed by atoms with Crippen molar-refractivity contribution in [2.45, 2.75) is 12.1 Å². The molecule has 0 radical (unpaired) electrons. The Labute approximate surface area is 219 Å². The van der Waals surface area contributed by atoms with Crippen LogP contribution in [0.4, 0.5) is 22.7 Å². The highest BCUT2D eigenvalue weighted by Gasteiger charge is 2.64. The number of nitrogens with one attached hydrogen (secondary N) is 1. The van der Waals surface area contributed by atoms with Crippen LogP contribution in [0.25, 0.3) is 6.08 Å². The Hall–Kier alpha value is -4.31. The lowest BCUT2D eigenvalue weighted by molar-refractivity contribution is -0.384. The van der Waals surface area contributed by atoms with E-state index in [2.05, 4.69) is 21.2 Å². The Kier molecular flexibility index (Phi) is 5.41. The number of carbonyl (C=O) groups is 3. The van der Waals surface area contributed by atoms with E-state index < -0.39 is 40.7 Å². The predicted octanol–water partition coefficient (Wildman–Crippen LogP) is 4.39. The SMILES string of the molecule is O=C(Nc1ccc([N+](=O)[O-])cc1)[C@@H]1[C@H]2C(=O)N(c3cccc(Br)c3)C(=O)[C@@H]2[C@H]2C=Cc3ccccc3N21. The summed E-state index contributed by atoms with van der Waals surface area (Å²) in [5.41, 5.74) is 2.35. The zero-order valence-corrected chi connectivity index (χ0v) is 20.7. The number of halogens is 1. The van der Waals surface area contributed by atoms with Crippen LogP contribution in [0.2, 0.25) is 0 Å². The molecule has 3 heterocycles. The first-order valence-electron chi connectivity index (χ1n) is 11.6. The topological polar surface area (TPSA) is 113 Å². The fraction of sp³-hybridized carbons (Fsp3) is 0.148. The second-order valence-electron chi connectivity index (χ2n) is 9.10. The molecule has 0 bridgehead atoms. The number of carbonyl (C=O) groups excluding carboxylic acids is 3. The smallest absolute Gasteiger partial charge is 0.269 e. The van der Waals surface area contributed by atoms with Crippen LogP contribution < -0.4 is 15.1 Å². The standard InChI is InChI=1S/C27H19BrN4O5/c28-16-5-3-6-19(14-16)30-26(34)22-21-13-8-15-4-1-2-7-20(15)31(21)24(23(22)27(30)35)25(33)29-17-9-11-18(12-10-17)32(36)37/h1-14,21-24H,(H,29,33)/t21-,22-,23+,24+/m1/s1. The van der Waals surface area contributed by atoms with Gasteiger partial charge in [0.2, 0.25) is 17.7 Å². The maximum atomic E-state index is 13.8. The molecule has 1 N–H and O–H groups in total. The van der Waals surface area contributed by atoms with Gasteiger partial charge in [0, 0.05) is 28.0 Å². The Morgan fingerprint density at radius 2 is 1.68 bits per heavy atom. The number of para-hydroxylation sites is 1. The van der Waals surface area contributed by atoms with Crippen molar-refractivity contribution in [2.75, 3.05) is 15.1 Å². The first kappa shape index (κ1) is 23.1. The van der Waals surface area contributed by atoms with Crippen molar-refractivity contribution in [1.82, 2.24) is 0 Å². The Morgan fingerprint density at radius 3 is 2.41 bits per heavy atom. The van der Waals surface area contributed by atoms with Crippen molar-refractivity contribution in [3.05, 3.63) is 99.0 Å². The lowest BCUT2D eigenvalue weighted by Gasteiger charge is -2.36. The van der Waals surface area contributed by atoms with Crippen LogP contribution in [0.1, 0.15) is 5.56 Å². The van der Waals surface area contributed by atoms with Crippen LogP contribution >= 0.6 is 15.9 Å². The van der Waals surface area contributed by atoms with Gasteiger partial charge in [0.1, 0.15) is 6.04 Å². The van der Waals surface area contributed by atoms with Gasteiger partial charge < -0.3 is 10.2 Å². The van der Waals surface area contributed by atoms with Gasteiger partial charge in [-0.2, -0.15) is 0 Å². The lowest BCUT2D eigenvalue weighted by Crippen LogP contribution is -2.50. The van der Waals surface area contributed by atoms with Gasteiger partial charge in [-0.15, -0.1) is 0 Å². The van der Waals surface area contributed by atoms with E-state index in [0.29, 0.717) is 11.4 Å². The summed E-state index contributed by atoms with van der Waals surface area (Å²) in [6, 6.07) is 18.5. The van der Waals surface area contributed by atoms with E-state index in [4.69, 9.17) is 0 Å². The van der Waals surface area contributed by atoms with Crippen LogP contribution in [0, 0.1) is 22.0 Å². The Morgan fingerprint density at radius 1 is 0.946 bits per heavy atom. The third kappa shape index (κ3) is 3.63. The molecule has 0 saturated carbocycles. The number of anilines is 3. The van der Waals surface area contributed by atoms with Gasteiger partial charge >= 0.3 is 0 Å². The van der Waals surface area contributed by atoms with Crippen molar-refractivity contribution in [3.8, 4) is 0 Å². The van der Waals surface area contributed by atoms with E-state index in [-0.39, 0.29) is 11.6 Å². The zero-order valence-electron chi connectivity index (χ0n) is 19.2. The maximum Gasteiger partial charge on any atom is 0.269 e. The molecule has 0 spiro atoms. The average Bonchev–Trinajstić information content (AvgIpc) is 3.37. The van der Waals surface area contributed by atoms with Crippen molar-refractivity contribution in [3.63, 3.8) is 0 Å². The van der Waals surface area contributed by atoms with Gasteiger partial charge in [-0.05, 0) is 42.0 Å². The highest BCUT2D eigenvalue weighted by molar-refractivity contribution is 9.10. The molecular weight excluding hydrogens is 540 g/mol. The van der Waals surface area contributed by atoms with Crippen LogP contribution in [-0.2, 0) is 14.4 Å². The number of fused-ring (bicyclic) bond motifs is 5. The van der Waals surface area contributed by atoms with E-state index in [1.54, 1.807) is 24.3 Å². The number of nitro benzene ring substituents is 1. The zero-order chi connectivity index (χ0) is 25.8. The fourth-order valence-electron chi connectivity index (χ4n) is 5.57. The average molecular weight is 559 g/mol. The Bertz CT molecular complexity index is 1500. The lowest BCUT2D eigenvalue weighted by atomic mass is 9.88. The number of benzene rings is 3. The van der Waals surface area contributed by atoms with Crippen LogP contribution in [0.3, 0.4) is 0 Å². The summed E-state index contributed by atoms with van der Waals surface area (Å²) in [6.07, 6.45) is 3.80. The van der Waals surface area contributed by atoms with Crippen molar-refractivity contribution >= 4 is 62.5 Å². The number of non-ortho nitro benzene ring substituents is 1. The molecule has 3 aliphatic heterocycles. The minimum atomic E-state index is -0.968. The molecule has 37 heavy (non-hydrogen) atoms. The van der Waals surface area contributed by atoms with Gasteiger partial charge in [0.15, 0.2) is 0 Å². The molecule has 3 amide bonds. The van der Waals surface area contributed by atoms with Crippen molar-refractivity contribution < 1.29 is 19.3 Å². The normalized spacial score (nSPS) is 23.5. The van der Waals surface area contributed by atoms with Crippen molar-refractivity contribution in [1.29, 1.82) is 0 Å². The molecule has 3 aromatic rings. The third-order valence-electron chi connectivity index (χ3n) is 7.10. The number of amides is 3. The molecule has 0 unspecified atom stereocenters. The molecule has 0 aliphatic carbocycles. The van der Waals surface area contributed by atoms with Crippen LogP contribution in [-0.4, -0.2) is 34.7 Å². The van der Waals surface area contributed by atoms with Gasteiger partial charge in [-0.3, -0.25) is 24.5 Å². The first-order chi connectivity index (χ1) is 17.8. The summed E-state index contributed by atoms with van der Waals surface area (Å²) in [7, 11) is 0. The summed E-state index contributed by atoms with van der Waals surface area (Å²) in [5, 5.41) is 13.8. The third-order valence-corrected chi connectivity index (χ3v) is 7.59. The number of nitro groups is 1. The molecule has 184 valence electrons. The van der Waals surface area contributed by atoms with Crippen molar-refractivity contribution in [2.24, 2.45) is 11.8 Å². The summed E-state index contributed by atoms with van der Waals surface area (Å²) < 4.78 is 0.725. The highest BCUT2D eigenvalue weighted by atomic mass is 79.9. The number of hydrogen-bond acceptors (Lipinski definition) is 6. The van der Waals surface area contributed by atoms with E-state index in [9.17, 15) is 24.5 Å². The monoisotopic (exact) mass is 558 g/mol. The summed E-state index contributed by atoms with van der Waals surface area (Å²) in [5.74, 6) is -2.90. The quantitative estimate of drug-likeness (QED) is 0.288. The summed E-state index contributed by atoms with van der Waals surface area (Å²) in [6.45, 7) is 0. The molecule has 10 heteroatoms. The first-order valence-corrected chi connectivity index (χ1v) is 12.4. The minimum absolute atomic E-state index is 0.102. The van der Waals surface area contributed by atoms with Gasteiger partial charge in [-0.25, -0.2) is 4.90 Å². The molecule has 2 saturated heterocycles. The summed E-state index contributed by atoms with van der Waals surface area (Å²) in [4.78, 5) is 54.9. The van der Waals surface area contributed by atoms with Gasteiger partial charge in [0.25, 0.3) is 5.69 Å². The number of imide groups is 1. The maximum absolute atomic E-state index is 13.8. The fourth-order valence-corrected chi connectivity index (χ4v) is 5.95. The second-order valence-corrected chi connectivity index (χ2v) is 10.0. The van der Waals surface area contributed by atoms with E-state index in [1.165, 1.54) is 29.2 Å². The minimum Gasteiger partial charge on any atom is -0.351 e. The van der Waals surface area contributed by atoms with E-state index in [0.717, 1.165) is 15.7 Å². The van der Waals surface area contributed by atoms with Gasteiger partial charge in [0.05, 0.1) is 28.5 Å². The van der Waals surface area contributed by atoms with E-state index >= 15 is 0 Å². The molecule has 9 nitrogen and oxygen atoms in total. The van der Waals surface area contributed by atoms with Gasteiger partial charge in [-0.1, -0.05) is 52.3 Å². The number of hydrogen-bond donors (Lipinski definition) is 1. The van der Waals surface area contributed by atoms with Crippen LogP contribution in [0.15, 0.2) is 83.3 Å². The predicted molar refractivity (Wildman–Crippen MR) is 141 cm³/mol. The molecule has 6 rings (SSSR count). The molecule has 2 fully saturated rings. The second kappa shape index (κ2) is 8.67.